The zero-order chi connectivity index (χ0) is 18.0. The Kier molecular flexibility index (Phi) is 5.47. The van der Waals surface area contributed by atoms with Crippen LogP contribution in [0.5, 0.6) is 0 Å². The molecule has 0 bridgehead atoms. The van der Waals surface area contributed by atoms with Crippen molar-refractivity contribution in [2.24, 2.45) is 0 Å². The van der Waals surface area contributed by atoms with Crippen LogP contribution in [-0.4, -0.2) is 44.0 Å². The van der Waals surface area contributed by atoms with E-state index in [1.54, 1.807) is 0 Å². The van der Waals surface area contributed by atoms with Crippen molar-refractivity contribution in [3.8, 4) is 0 Å². The van der Waals surface area contributed by atoms with Crippen LogP contribution < -0.4 is 10.2 Å². The lowest BCUT2D eigenvalue weighted by Crippen LogP contribution is -2.44. The van der Waals surface area contributed by atoms with E-state index in [-0.39, 0.29) is 15.6 Å². The second-order valence-corrected chi connectivity index (χ2v) is 6.85. The summed E-state index contributed by atoms with van der Waals surface area (Å²) in [6.07, 6.45) is 0. The fourth-order valence-electron chi connectivity index (χ4n) is 2.72. The predicted molar refractivity (Wildman–Crippen MR) is 101 cm³/mol. The number of carbonyl (C=O) groups is 1. The summed E-state index contributed by atoms with van der Waals surface area (Å²) < 4.78 is 13.6. The summed E-state index contributed by atoms with van der Waals surface area (Å²) in [7, 11) is 2.11. The standard InChI is InChI=1S/C18H18Cl2FN3O/c1-23-6-8-24(9-7-23)13-4-2-12(3-5-13)22-18(25)14-10-17(21)16(20)11-15(14)19/h2-5,10-11H,6-9H2,1H3,(H,22,25). The van der Waals surface area contributed by atoms with Gasteiger partial charge >= 0.3 is 0 Å². The summed E-state index contributed by atoms with van der Waals surface area (Å²) in [5, 5.41) is 2.72. The third-order valence-electron chi connectivity index (χ3n) is 4.25. The van der Waals surface area contributed by atoms with Gasteiger partial charge in [0.2, 0.25) is 0 Å². The SMILES string of the molecule is CN1CCN(c2ccc(NC(=O)c3cc(F)c(Cl)cc3Cl)cc2)CC1. The van der Waals surface area contributed by atoms with E-state index in [1.165, 1.54) is 6.07 Å². The molecule has 4 nitrogen and oxygen atoms in total. The van der Waals surface area contributed by atoms with Crippen LogP contribution in [0.1, 0.15) is 10.4 Å². The van der Waals surface area contributed by atoms with E-state index in [0.29, 0.717) is 5.69 Å². The van der Waals surface area contributed by atoms with Gasteiger partial charge in [-0.2, -0.15) is 0 Å². The smallest absolute Gasteiger partial charge is 0.257 e. The number of hydrogen-bond donors (Lipinski definition) is 1. The number of nitrogens with zero attached hydrogens (tertiary/aromatic N) is 2. The van der Waals surface area contributed by atoms with Crippen molar-refractivity contribution in [2.45, 2.75) is 0 Å². The number of rotatable bonds is 3. The highest BCUT2D eigenvalue weighted by molar-refractivity contribution is 6.37. The molecule has 25 heavy (non-hydrogen) atoms. The lowest BCUT2D eigenvalue weighted by molar-refractivity contribution is 0.102. The number of piperazine rings is 1. The molecule has 1 fully saturated rings. The van der Waals surface area contributed by atoms with Crippen molar-refractivity contribution < 1.29 is 9.18 Å². The molecule has 0 aliphatic carbocycles. The normalized spacial score (nSPS) is 15.3. The molecule has 1 amide bonds. The molecule has 0 spiro atoms. The minimum Gasteiger partial charge on any atom is -0.369 e. The molecule has 1 N–H and O–H groups in total. The molecule has 0 aromatic heterocycles. The number of anilines is 2. The number of likely N-dealkylation sites (N-methyl/N-ethyl adjacent to an activating group) is 1. The third kappa shape index (κ3) is 4.24. The molecule has 3 rings (SSSR count). The Labute approximate surface area is 156 Å². The van der Waals surface area contributed by atoms with Crippen LogP contribution in [0, 0.1) is 5.82 Å². The van der Waals surface area contributed by atoms with Crippen molar-refractivity contribution >= 4 is 40.5 Å². The van der Waals surface area contributed by atoms with Crippen LogP contribution in [0.25, 0.3) is 0 Å². The first-order valence-corrected chi connectivity index (χ1v) is 8.69. The van der Waals surface area contributed by atoms with Gasteiger partial charge in [0, 0.05) is 37.6 Å². The van der Waals surface area contributed by atoms with E-state index in [0.717, 1.165) is 37.9 Å². The van der Waals surface area contributed by atoms with Crippen LogP contribution in [0.3, 0.4) is 0 Å². The molecular weight excluding hydrogens is 364 g/mol. The largest absolute Gasteiger partial charge is 0.369 e. The Bertz CT molecular complexity index is 775. The molecule has 0 unspecified atom stereocenters. The van der Waals surface area contributed by atoms with Gasteiger partial charge in [-0.3, -0.25) is 4.79 Å². The Morgan fingerprint density at radius 3 is 2.32 bits per heavy atom. The van der Waals surface area contributed by atoms with Gasteiger partial charge in [0.05, 0.1) is 15.6 Å². The highest BCUT2D eigenvalue weighted by Gasteiger charge is 2.16. The molecule has 0 saturated carbocycles. The van der Waals surface area contributed by atoms with Gasteiger partial charge in [-0.05, 0) is 43.4 Å². The van der Waals surface area contributed by atoms with E-state index >= 15 is 0 Å². The summed E-state index contributed by atoms with van der Waals surface area (Å²) in [5.74, 6) is -1.16. The molecule has 1 saturated heterocycles. The van der Waals surface area contributed by atoms with Crippen LogP contribution in [-0.2, 0) is 0 Å². The zero-order valence-corrected chi connectivity index (χ0v) is 15.2. The molecule has 1 aliphatic heterocycles. The van der Waals surface area contributed by atoms with Crippen LogP contribution in [0.15, 0.2) is 36.4 Å². The highest BCUT2D eigenvalue weighted by Crippen LogP contribution is 2.26. The van der Waals surface area contributed by atoms with E-state index < -0.39 is 11.7 Å². The average molecular weight is 382 g/mol. The third-order valence-corrected chi connectivity index (χ3v) is 4.85. The highest BCUT2D eigenvalue weighted by atomic mass is 35.5. The van der Waals surface area contributed by atoms with Crippen molar-refractivity contribution in [3.63, 3.8) is 0 Å². The van der Waals surface area contributed by atoms with Crippen molar-refractivity contribution in [2.75, 3.05) is 43.4 Å². The fourth-order valence-corrected chi connectivity index (χ4v) is 3.18. The van der Waals surface area contributed by atoms with Gasteiger partial charge in [-0.1, -0.05) is 23.2 Å². The first-order chi connectivity index (χ1) is 11.9. The van der Waals surface area contributed by atoms with Gasteiger partial charge < -0.3 is 15.1 Å². The number of nitrogens with one attached hydrogen (secondary N) is 1. The van der Waals surface area contributed by atoms with E-state index in [1.807, 2.05) is 24.3 Å². The van der Waals surface area contributed by atoms with E-state index in [4.69, 9.17) is 23.2 Å². The maximum atomic E-state index is 13.6. The van der Waals surface area contributed by atoms with Crippen LogP contribution in [0.2, 0.25) is 10.0 Å². The second kappa shape index (κ2) is 7.60. The summed E-state index contributed by atoms with van der Waals surface area (Å²) in [4.78, 5) is 16.9. The molecule has 7 heteroatoms. The zero-order valence-electron chi connectivity index (χ0n) is 13.7. The van der Waals surface area contributed by atoms with Gasteiger partial charge in [-0.15, -0.1) is 0 Å². The van der Waals surface area contributed by atoms with Crippen molar-refractivity contribution in [1.82, 2.24) is 4.90 Å². The van der Waals surface area contributed by atoms with Gasteiger partial charge in [-0.25, -0.2) is 4.39 Å². The molecule has 132 valence electrons. The monoisotopic (exact) mass is 381 g/mol. The second-order valence-electron chi connectivity index (χ2n) is 6.04. The molecular formula is C18H18Cl2FN3O. The fraction of sp³-hybridized carbons (Fsp3) is 0.278. The molecule has 2 aromatic rings. The number of halogens is 3. The maximum Gasteiger partial charge on any atom is 0.257 e. The first-order valence-electron chi connectivity index (χ1n) is 7.93. The minimum atomic E-state index is -0.679. The lowest BCUT2D eigenvalue weighted by Gasteiger charge is -2.34. The van der Waals surface area contributed by atoms with Crippen molar-refractivity contribution in [3.05, 3.63) is 57.8 Å². The first kappa shape index (κ1) is 18.0. The Hall–Kier alpha value is -1.82. The average Bonchev–Trinajstić information content (AvgIpc) is 2.59. The van der Waals surface area contributed by atoms with Gasteiger partial charge in [0.15, 0.2) is 0 Å². The molecule has 1 aliphatic rings. The number of benzene rings is 2. The Morgan fingerprint density at radius 2 is 1.68 bits per heavy atom. The van der Waals surface area contributed by atoms with Gasteiger partial charge in [0.25, 0.3) is 5.91 Å². The maximum absolute atomic E-state index is 13.6. The van der Waals surface area contributed by atoms with E-state index in [2.05, 4.69) is 22.2 Å². The van der Waals surface area contributed by atoms with Crippen LogP contribution in [0.4, 0.5) is 15.8 Å². The molecule has 0 atom stereocenters. The summed E-state index contributed by atoms with van der Waals surface area (Å²) in [6, 6.07) is 9.84. The summed E-state index contributed by atoms with van der Waals surface area (Å²) in [6.45, 7) is 4.00. The number of hydrogen-bond acceptors (Lipinski definition) is 3. The molecule has 1 heterocycles. The lowest BCUT2D eigenvalue weighted by atomic mass is 10.2. The molecule has 2 aromatic carbocycles. The van der Waals surface area contributed by atoms with Crippen LogP contribution >= 0.6 is 23.2 Å². The molecule has 0 radical (unpaired) electrons. The predicted octanol–water partition coefficient (Wildman–Crippen LogP) is 4.14. The topological polar surface area (TPSA) is 35.6 Å². The summed E-state index contributed by atoms with van der Waals surface area (Å²) >= 11 is 11.6. The Morgan fingerprint density at radius 1 is 1.04 bits per heavy atom. The van der Waals surface area contributed by atoms with Crippen molar-refractivity contribution in [1.29, 1.82) is 0 Å². The van der Waals surface area contributed by atoms with Gasteiger partial charge in [0.1, 0.15) is 5.82 Å². The number of amides is 1. The summed E-state index contributed by atoms with van der Waals surface area (Å²) in [5.41, 5.74) is 1.78. The minimum absolute atomic E-state index is 0.0479. The Balaban J connectivity index is 1.69. The number of carbonyl (C=O) groups excluding carboxylic acids is 1. The quantitative estimate of drug-likeness (QED) is 0.811. The van der Waals surface area contributed by atoms with E-state index in [9.17, 15) is 9.18 Å².